The van der Waals surface area contributed by atoms with Gasteiger partial charge < -0.3 is 9.64 Å². The van der Waals surface area contributed by atoms with Crippen molar-refractivity contribution < 1.29 is 4.74 Å². The van der Waals surface area contributed by atoms with Crippen LogP contribution in [0.5, 0.6) is 11.5 Å². The predicted octanol–water partition coefficient (Wildman–Crippen LogP) is 13.7. The van der Waals surface area contributed by atoms with Gasteiger partial charge in [0.2, 0.25) is 0 Å². The first kappa shape index (κ1) is 32.9. The molecule has 2 nitrogen and oxygen atoms in total. The zero-order chi connectivity index (χ0) is 36.5. The molecule has 4 saturated carbocycles. The van der Waals surface area contributed by atoms with E-state index in [4.69, 9.17) is 4.74 Å². The number of fused-ring (bicyclic) bond motifs is 10. The normalized spacial score (nSPS) is 33.5. The molecule has 0 saturated heterocycles. The van der Waals surface area contributed by atoms with Crippen LogP contribution in [0, 0.1) is 29.1 Å². The van der Waals surface area contributed by atoms with Crippen LogP contribution in [0.3, 0.4) is 0 Å². The first-order valence-electron chi connectivity index (χ1n) is 21.2. The third kappa shape index (κ3) is 4.17. The first-order valence-corrected chi connectivity index (χ1v) is 21.2. The number of hydrogen-bond acceptors (Lipinski definition) is 2. The first-order chi connectivity index (χ1) is 25.1. The Hall–Kier alpha value is -3.52. The Bertz CT molecular complexity index is 2110. The van der Waals surface area contributed by atoms with Gasteiger partial charge in [-0.3, -0.25) is 0 Å². The molecular weight excluding hydrogens is 643 g/mol. The lowest BCUT2D eigenvalue weighted by Gasteiger charge is -2.66. The minimum atomic E-state index is 0.0836. The second kappa shape index (κ2) is 10.2. The summed E-state index contributed by atoms with van der Waals surface area (Å²) >= 11 is 0. The third-order valence-electron chi connectivity index (χ3n) is 17.0. The van der Waals surface area contributed by atoms with Crippen LogP contribution in [0.25, 0.3) is 0 Å². The van der Waals surface area contributed by atoms with Gasteiger partial charge in [-0.1, -0.05) is 91.8 Å². The Balaban J connectivity index is 1.11. The molecule has 2 heteroatoms. The van der Waals surface area contributed by atoms with Crippen LogP contribution >= 0.6 is 0 Å². The molecule has 0 aromatic heterocycles. The fourth-order valence-electron chi connectivity index (χ4n) is 14.4. The van der Waals surface area contributed by atoms with Crippen molar-refractivity contribution in [2.45, 2.75) is 140 Å². The number of ether oxygens (including phenoxy) is 1. The maximum absolute atomic E-state index is 7.08. The second-order valence-corrected chi connectivity index (χ2v) is 21.7. The third-order valence-corrected chi connectivity index (χ3v) is 17.0. The molecule has 4 atom stereocenters. The van der Waals surface area contributed by atoms with Crippen LogP contribution in [-0.2, 0) is 27.1 Å². The summed E-state index contributed by atoms with van der Waals surface area (Å²) in [4.78, 5) is 2.57. The van der Waals surface area contributed by atoms with E-state index in [2.05, 4.69) is 139 Å². The summed E-state index contributed by atoms with van der Waals surface area (Å²) in [5, 5.41) is 0. The van der Waals surface area contributed by atoms with Gasteiger partial charge in [0.05, 0.1) is 0 Å². The molecule has 0 amide bonds. The average molecular weight is 702 g/mol. The van der Waals surface area contributed by atoms with Crippen molar-refractivity contribution in [3.05, 3.63) is 112 Å². The highest BCUT2D eigenvalue weighted by Gasteiger charge is 2.79. The maximum Gasteiger partial charge on any atom is 0.133 e. The van der Waals surface area contributed by atoms with E-state index < -0.39 is 0 Å². The number of nitrogens with zero attached hydrogens (tertiary/aromatic N) is 1. The Kier molecular flexibility index (Phi) is 6.33. The van der Waals surface area contributed by atoms with Crippen LogP contribution in [-0.4, -0.2) is 0 Å². The Morgan fingerprint density at radius 3 is 1.47 bits per heavy atom. The van der Waals surface area contributed by atoms with Gasteiger partial charge in [0.15, 0.2) is 0 Å². The van der Waals surface area contributed by atoms with E-state index in [0.29, 0.717) is 5.41 Å². The molecule has 11 rings (SSSR count). The molecule has 1 heterocycles. The van der Waals surface area contributed by atoms with Gasteiger partial charge in [0, 0.05) is 39.7 Å². The Morgan fingerprint density at radius 2 is 0.925 bits per heavy atom. The van der Waals surface area contributed by atoms with Crippen molar-refractivity contribution >= 4 is 17.1 Å². The fourth-order valence-corrected chi connectivity index (χ4v) is 14.4. The van der Waals surface area contributed by atoms with Gasteiger partial charge >= 0.3 is 0 Å². The number of para-hydroxylation sites is 1. The van der Waals surface area contributed by atoms with E-state index in [0.717, 1.165) is 35.2 Å². The van der Waals surface area contributed by atoms with Crippen LogP contribution in [0.1, 0.15) is 147 Å². The van der Waals surface area contributed by atoms with Gasteiger partial charge in [0.25, 0.3) is 0 Å². The minimum absolute atomic E-state index is 0.0836. The molecule has 4 aromatic carbocycles. The lowest BCUT2D eigenvalue weighted by molar-refractivity contribution is -0.0882. The predicted molar refractivity (Wildman–Crippen MR) is 218 cm³/mol. The van der Waals surface area contributed by atoms with E-state index in [-0.39, 0.29) is 27.1 Å². The van der Waals surface area contributed by atoms with Crippen LogP contribution in [0.2, 0.25) is 0 Å². The molecule has 2 spiro atoms. The van der Waals surface area contributed by atoms with Crippen molar-refractivity contribution in [2.24, 2.45) is 29.1 Å². The Morgan fingerprint density at radius 1 is 0.472 bits per heavy atom. The summed E-state index contributed by atoms with van der Waals surface area (Å²) in [6.45, 7) is 19.6. The minimum Gasteiger partial charge on any atom is -0.457 e. The lowest BCUT2D eigenvalue weighted by Crippen LogP contribution is -2.64. The zero-order valence-corrected chi connectivity index (χ0v) is 33.5. The Labute approximate surface area is 318 Å². The van der Waals surface area contributed by atoms with Gasteiger partial charge in [-0.25, -0.2) is 0 Å². The van der Waals surface area contributed by atoms with E-state index in [9.17, 15) is 0 Å². The lowest BCUT2D eigenvalue weighted by atomic mass is 9.37. The molecule has 3 bridgehead atoms. The average Bonchev–Trinajstić information content (AvgIpc) is 3.52. The molecular formula is C51H59NO. The topological polar surface area (TPSA) is 12.5 Å². The summed E-state index contributed by atoms with van der Waals surface area (Å²) in [7, 11) is 0. The largest absolute Gasteiger partial charge is 0.457 e. The molecule has 0 N–H and O–H groups in total. The van der Waals surface area contributed by atoms with E-state index in [1.54, 1.807) is 0 Å². The molecule has 53 heavy (non-hydrogen) atoms. The number of benzene rings is 4. The molecule has 0 radical (unpaired) electrons. The van der Waals surface area contributed by atoms with Crippen molar-refractivity contribution in [1.82, 2.24) is 0 Å². The van der Waals surface area contributed by atoms with Gasteiger partial charge in [-0.05, 0) is 167 Å². The highest BCUT2D eigenvalue weighted by Crippen LogP contribution is 2.85. The van der Waals surface area contributed by atoms with Crippen molar-refractivity contribution in [3.63, 3.8) is 0 Å². The van der Waals surface area contributed by atoms with Gasteiger partial charge in [0.1, 0.15) is 11.5 Å². The van der Waals surface area contributed by atoms with E-state index >= 15 is 0 Å². The van der Waals surface area contributed by atoms with Gasteiger partial charge in [-0.2, -0.15) is 0 Å². The quantitative estimate of drug-likeness (QED) is 0.211. The van der Waals surface area contributed by atoms with E-state index in [1.807, 2.05) is 0 Å². The molecule has 1 aliphatic heterocycles. The highest BCUT2D eigenvalue weighted by molar-refractivity contribution is 5.80. The smallest absolute Gasteiger partial charge is 0.133 e. The fraction of sp³-hybridized carbons (Fsp3) is 0.529. The van der Waals surface area contributed by atoms with Crippen molar-refractivity contribution in [1.29, 1.82) is 0 Å². The standard InChI is InChI=1S/C51H59NO/c1-46(2)19-21-48(5,6)40-26-33(13-16-36(40)46)52(34-14-17-37-41(27-34)49(7,8)22-20-47(37,3)4)35-15-18-39-43(28-35)53-42-12-10-9-11-38(42)51(39)44-24-31-23-32-25-45(51)50(44,29-31)30-32/h9-18,26-28,31-32,44-45H,19-25,29-30H2,1-8H3. The molecule has 6 aliphatic carbocycles. The number of hydrogen-bond donors (Lipinski definition) is 0. The number of anilines is 3. The summed E-state index contributed by atoms with van der Waals surface area (Å²) in [6, 6.07) is 31.4. The van der Waals surface area contributed by atoms with Crippen LogP contribution in [0.4, 0.5) is 17.1 Å². The summed E-state index contributed by atoms with van der Waals surface area (Å²) in [5.74, 6) is 5.51. The summed E-state index contributed by atoms with van der Waals surface area (Å²) in [5.41, 5.74) is 13.9. The SMILES string of the molecule is CC1(C)CCC(C)(C)c2cc(N(c3ccc4c(c3)Oc3ccccc3C43C4CC5CC6CC3C4(C5)C6)c3ccc4c(c3)C(C)(C)CCC4(C)C)ccc21. The maximum atomic E-state index is 7.08. The monoisotopic (exact) mass is 701 g/mol. The van der Waals surface area contributed by atoms with E-state index in [1.165, 1.54) is 108 Å². The summed E-state index contributed by atoms with van der Waals surface area (Å²) in [6.07, 6.45) is 12.1. The van der Waals surface area contributed by atoms with Crippen molar-refractivity contribution in [3.8, 4) is 11.5 Å². The molecule has 7 aliphatic rings. The molecule has 4 aromatic rings. The van der Waals surface area contributed by atoms with Crippen LogP contribution in [0.15, 0.2) is 78.9 Å². The molecule has 274 valence electrons. The zero-order valence-electron chi connectivity index (χ0n) is 33.5. The van der Waals surface area contributed by atoms with Gasteiger partial charge in [-0.15, -0.1) is 0 Å². The molecule has 4 fully saturated rings. The van der Waals surface area contributed by atoms with Crippen LogP contribution < -0.4 is 9.64 Å². The number of rotatable bonds is 3. The summed E-state index contributed by atoms with van der Waals surface area (Å²) < 4.78 is 7.08. The molecule has 4 unspecified atom stereocenters. The second-order valence-electron chi connectivity index (χ2n) is 21.7. The van der Waals surface area contributed by atoms with Crippen molar-refractivity contribution in [2.75, 3.05) is 4.90 Å². The highest BCUT2D eigenvalue weighted by atomic mass is 16.5.